The van der Waals surface area contributed by atoms with Gasteiger partial charge in [0.15, 0.2) is 0 Å². The number of hydrogen-bond acceptors (Lipinski definition) is 4. The van der Waals surface area contributed by atoms with E-state index < -0.39 is 0 Å². The summed E-state index contributed by atoms with van der Waals surface area (Å²) in [5.74, 6) is 0.945. The van der Waals surface area contributed by atoms with Crippen molar-refractivity contribution in [1.82, 2.24) is 5.32 Å². The van der Waals surface area contributed by atoms with Crippen molar-refractivity contribution < 1.29 is 4.74 Å². The van der Waals surface area contributed by atoms with Crippen LogP contribution in [0.1, 0.15) is 48.4 Å². The quantitative estimate of drug-likeness (QED) is 0.855. The first-order valence-electron chi connectivity index (χ1n) is 6.91. The minimum absolute atomic E-state index is 0.215. The number of ether oxygens (including phenoxy) is 1. The molecule has 0 bridgehead atoms. The minimum Gasteiger partial charge on any atom is -0.496 e. The highest BCUT2D eigenvalue weighted by molar-refractivity contribution is 7.13. The van der Waals surface area contributed by atoms with Crippen LogP contribution in [0.2, 0.25) is 0 Å². The van der Waals surface area contributed by atoms with Crippen molar-refractivity contribution in [2.24, 2.45) is 0 Å². The zero-order valence-electron chi connectivity index (χ0n) is 12.8. The summed E-state index contributed by atoms with van der Waals surface area (Å²) in [5.41, 5.74) is 0.215. The summed E-state index contributed by atoms with van der Waals surface area (Å²) >= 11 is 3.66. The number of nitrogens with one attached hydrogen (secondary N) is 1. The van der Waals surface area contributed by atoms with Gasteiger partial charge in [0.05, 0.1) is 13.2 Å². The zero-order chi connectivity index (χ0) is 14.8. The van der Waals surface area contributed by atoms with E-state index in [2.05, 4.69) is 56.6 Å². The summed E-state index contributed by atoms with van der Waals surface area (Å²) in [6.07, 6.45) is 0. The van der Waals surface area contributed by atoms with E-state index >= 15 is 0 Å². The Morgan fingerprint density at radius 1 is 1.25 bits per heavy atom. The standard InChI is InChI=1S/C16H23NOS2/c1-6-17-15(13-9-11(18-5)10-19-13)12-7-8-14(20-12)16(2,3)4/h7-10,15,17H,6H2,1-5H3. The molecule has 2 aromatic rings. The van der Waals surface area contributed by atoms with Crippen LogP contribution in [-0.4, -0.2) is 13.7 Å². The highest BCUT2D eigenvalue weighted by Crippen LogP contribution is 2.37. The fraction of sp³-hybridized carbons (Fsp3) is 0.500. The van der Waals surface area contributed by atoms with Gasteiger partial charge >= 0.3 is 0 Å². The Labute approximate surface area is 129 Å². The van der Waals surface area contributed by atoms with E-state index in [1.807, 2.05) is 11.3 Å². The van der Waals surface area contributed by atoms with Crippen LogP contribution in [0, 0.1) is 0 Å². The first kappa shape index (κ1) is 15.5. The topological polar surface area (TPSA) is 21.3 Å². The SMILES string of the molecule is CCNC(c1cc(OC)cs1)c1ccc(C(C)(C)C)s1. The monoisotopic (exact) mass is 309 g/mol. The molecule has 1 atom stereocenters. The molecule has 1 unspecified atom stereocenters. The summed E-state index contributed by atoms with van der Waals surface area (Å²) in [7, 11) is 1.72. The van der Waals surface area contributed by atoms with Gasteiger partial charge in [-0.15, -0.1) is 22.7 Å². The molecular formula is C16H23NOS2. The van der Waals surface area contributed by atoms with Gasteiger partial charge in [-0.3, -0.25) is 0 Å². The van der Waals surface area contributed by atoms with Gasteiger partial charge in [-0.1, -0.05) is 27.7 Å². The van der Waals surface area contributed by atoms with E-state index in [4.69, 9.17) is 4.74 Å². The summed E-state index contributed by atoms with van der Waals surface area (Å²) in [4.78, 5) is 4.12. The molecule has 0 saturated heterocycles. The van der Waals surface area contributed by atoms with Crippen LogP contribution >= 0.6 is 22.7 Å². The highest BCUT2D eigenvalue weighted by atomic mass is 32.1. The van der Waals surface area contributed by atoms with Gasteiger partial charge in [-0.05, 0) is 30.2 Å². The molecule has 0 radical (unpaired) electrons. The second-order valence-corrected chi connectivity index (χ2v) is 7.89. The molecule has 4 heteroatoms. The Bertz CT molecular complexity index is 551. The Kier molecular flexibility index (Phi) is 4.89. The van der Waals surface area contributed by atoms with Crippen molar-refractivity contribution in [3.05, 3.63) is 38.2 Å². The molecule has 0 aliphatic rings. The van der Waals surface area contributed by atoms with Crippen molar-refractivity contribution in [2.45, 2.75) is 39.2 Å². The van der Waals surface area contributed by atoms with Crippen LogP contribution in [0.15, 0.2) is 23.6 Å². The molecule has 0 aromatic carbocycles. The van der Waals surface area contributed by atoms with Gasteiger partial charge in [0.1, 0.15) is 5.75 Å². The number of hydrogen-bond donors (Lipinski definition) is 1. The molecule has 2 nitrogen and oxygen atoms in total. The normalized spacial score (nSPS) is 13.4. The molecule has 0 amide bonds. The lowest BCUT2D eigenvalue weighted by Crippen LogP contribution is -2.20. The number of thiophene rings is 2. The first-order chi connectivity index (χ1) is 9.45. The molecule has 2 heterocycles. The lowest BCUT2D eigenvalue weighted by molar-refractivity contribution is 0.416. The predicted octanol–water partition coefficient (Wildman–Crippen LogP) is 4.81. The molecule has 0 aliphatic heterocycles. The average Bonchev–Trinajstić information content (AvgIpc) is 3.04. The third-order valence-electron chi connectivity index (χ3n) is 3.17. The summed E-state index contributed by atoms with van der Waals surface area (Å²) in [6, 6.07) is 6.92. The van der Waals surface area contributed by atoms with E-state index in [1.54, 1.807) is 18.4 Å². The van der Waals surface area contributed by atoms with Crippen LogP contribution < -0.4 is 10.1 Å². The van der Waals surface area contributed by atoms with E-state index in [9.17, 15) is 0 Å². The van der Waals surface area contributed by atoms with E-state index in [0.717, 1.165) is 12.3 Å². The lowest BCUT2D eigenvalue weighted by Gasteiger charge is -2.17. The smallest absolute Gasteiger partial charge is 0.129 e. The molecular weight excluding hydrogens is 286 g/mol. The molecule has 0 spiro atoms. The van der Waals surface area contributed by atoms with Gasteiger partial charge < -0.3 is 10.1 Å². The second-order valence-electron chi connectivity index (χ2n) is 5.83. The first-order valence-corrected chi connectivity index (χ1v) is 8.61. The van der Waals surface area contributed by atoms with Gasteiger partial charge in [-0.2, -0.15) is 0 Å². The molecule has 0 saturated carbocycles. The fourth-order valence-corrected chi connectivity index (χ4v) is 4.23. The third kappa shape index (κ3) is 3.43. The molecule has 110 valence electrons. The summed E-state index contributed by atoms with van der Waals surface area (Å²) in [6.45, 7) is 9.89. The van der Waals surface area contributed by atoms with E-state index in [0.29, 0.717) is 0 Å². The van der Waals surface area contributed by atoms with Crippen LogP contribution in [0.5, 0.6) is 5.75 Å². The van der Waals surface area contributed by atoms with Crippen molar-refractivity contribution in [3.63, 3.8) is 0 Å². The minimum atomic E-state index is 0.215. The fourth-order valence-electron chi connectivity index (χ4n) is 2.05. The van der Waals surface area contributed by atoms with Crippen molar-refractivity contribution in [3.8, 4) is 5.75 Å². The van der Waals surface area contributed by atoms with Crippen molar-refractivity contribution in [2.75, 3.05) is 13.7 Å². The maximum absolute atomic E-state index is 5.30. The van der Waals surface area contributed by atoms with Crippen molar-refractivity contribution in [1.29, 1.82) is 0 Å². The van der Waals surface area contributed by atoms with Crippen LogP contribution in [0.25, 0.3) is 0 Å². The van der Waals surface area contributed by atoms with Gasteiger partial charge in [0, 0.05) is 20.0 Å². The predicted molar refractivity (Wildman–Crippen MR) is 89.4 cm³/mol. The molecule has 0 aliphatic carbocycles. The molecule has 1 N–H and O–H groups in total. The summed E-state index contributed by atoms with van der Waals surface area (Å²) in [5, 5.41) is 5.65. The number of rotatable bonds is 5. The Hall–Kier alpha value is -0.840. The molecule has 0 fully saturated rings. The zero-order valence-corrected chi connectivity index (χ0v) is 14.5. The van der Waals surface area contributed by atoms with Gasteiger partial charge in [0.25, 0.3) is 0 Å². The van der Waals surface area contributed by atoms with Gasteiger partial charge in [-0.25, -0.2) is 0 Å². The van der Waals surface area contributed by atoms with E-state index in [-0.39, 0.29) is 11.5 Å². The molecule has 2 rings (SSSR count). The molecule has 20 heavy (non-hydrogen) atoms. The van der Waals surface area contributed by atoms with Gasteiger partial charge in [0.2, 0.25) is 0 Å². The Balaban J connectivity index is 2.30. The second kappa shape index (κ2) is 6.29. The number of methoxy groups -OCH3 is 1. The Morgan fingerprint density at radius 3 is 2.50 bits per heavy atom. The maximum Gasteiger partial charge on any atom is 0.129 e. The van der Waals surface area contributed by atoms with E-state index in [1.165, 1.54) is 14.6 Å². The van der Waals surface area contributed by atoms with Crippen LogP contribution in [0.3, 0.4) is 0 Å². The average molecular weight is 310 g/mol. The van der Waals surface area contributed by atoms with Crippen LogP contribution in [-0.2, 0) is 5.41 Å². The lowest BCUT2D eigenvalue weighted by atomic mass is 9.95. The van der Waals surface area contributed by atoms with Crippen LogP contribution in [0.4, 0.5) is 0 Å². The molecule has 2 aromatic heterocycles. The highest BCUT2D eigenvalue weighted by Gasteiger charge is 2.21. The summed E-state index contributed by atoms with van der Waals surface area (Å²) < 4.78 is 5.30. The Morgan fingerprint density at radius 2 is 2.00 bits per heavy atom. The maximum atomic E-state index is 5.30. The third-order valence-corrected chi connectivity index (χ3v) is 5.73. The largest absolute Gasteiger partial charge is 0.496 e. The van der Waals surface area contributed by atoms with Crippen molar-refractivity contribution >= 4 is 22.7 Å².